The van der Waals surface area contributed by atoms with Gasteiger partial charge in [0.05, 0.1) is 17.4 Å². The van der Waals surface area contributed by atoms with E-state index in [4.69, 9.17) is 0 Å². The highest BCUT2D eigenvalue weighted by Crippen LogP contribution is 2.19. The van der Waals surface area contributed by atoms with E-state index in [1.54, 1.807) is 24.3 Å². The number of Topliss-reactive ketones (excluding diaryl/α,β-unsaturated/α-hetero) is 1. The van der Waals surface area contributed by atoms with Gasteiger partial charge in [0.1, 0.15) is 0 Å². The molecular formula is C22H23N3O3. The molecule has 1 fully saturated rings. The van der Waals surface area contributed by atoms with Crippen LogP contribution in [0.25, 0.3) is 10.9 Å². The lowest BCUT2D eigenvalue weighted by Crippen LogP contribution is -2.42. The van der Waals surface area contributed by atoms with Gasteiger partial charge in [0.25, 0.3) is 5.56 Å². The molecule has 1 aliphatic rings. The predicted octanol–water partition coefficient (Wildman–Crippen LogP) is 2.28. The minimum absolute atomic E-state index is 0.126. The van der Waals surface area contributed by atoms with Gasteiger partial charge in [-0.05, 0) is 44.0 Å². The van der Waals surface area contributed by atoms with E-state index in [-0.39, 0.29) is 23.0 Å². The molecule has 6 nitrogen and oxygen atoms in total. The number of benzene rings is 2. The summed E-state index contributed by atoms with van der Waals surface area (Å²) in [6.45, 7) is 2.42. The topological polar surface area (TPSA) is 75.2 Å². The minimum atomic E-state index is -0.356. The lowest BCUT2D eigenvalue weighted by Gasteiger charge is -2.31. The Kier molecular flexibility index (Phi) is 5.21. The lowest BCUT2D eigenvalue weighted by molar-refractivity contribution is 0.0889. The second-order valence-electron chi connectivity index (χ2n) is 7.40. The van der Waals surface area contributed by atoms with E-state index in [1.165, 1.54) is 4.57 Å². The number of piperidine rings is 1. The molecule has 0 aliphatic carbocycles. The van der Waals surface area contributed by atoms with Gasteiger partial charge < -0.3 is 4.98 Å². The Morgan fingerprint density at radius 1 is 0.964 bits per heavy atom. The molecule has 0 amide bonds. The van der Waals surface area contributed by atoms with Crippen LogP contribution in [0.15, 0.2) is 64.2 Å². The number of para-hydroxylation sites is 1. The highest BCUT2D eigenvalue weighted by Gasteiger charge is 2.22. The summed E-state index contributed by atoms with van der Waals surface area (Å²) >= 11 is 0. The lowest BCUT2D eigenvalue weighted by atomic mass is 9.96. The number of hydrogen-bond donors (Lipinski definition) is 1. The standard InChI is InChI=1S/C22H23N3O3/c26-20(17-6-2-1-3-7-17)15-24-12-10-16(11-13-24)14-25-21(27)18-8-4-5-9-19(18)23-22(25)28/h1-9,16H,10-15H2,(H,23,28). The predicted molar refractivity (Wildman–Crippen MR) is 109 cm³/mol. The Bertz CT molecular complexity index is 1090. The molecule has 2 aromatic carbocycles. The van der Waals surface area contributed by atoms with Crippen molar-refractivity contribution in [3.05, 3.63) is 81.0 Å². The van der Waals surface area contributed by atoms with Crippen LogP contribution in [0, 0.1) is 5.92 Å². The van der Waals surface area contributed by atoms with Crippen molar-refractivity contribution in [2.45, 2.75) is 19.4 Å². The maximum atomic E-state index is 12.7. The van der Waals surface area contributed by atoms with Crippen LogP contribution in [0.1, 0.15) is 23.2 Å². The maximum absolute atomic E-state index is 12.7. The van der Waals surface area contributed by atoms with Crippen LogP contribution in [0.5, 0.6) is 0 Å². The van der Waals surface area contributed by atoms with Crippen LogP contribution < -0.4 is 11.2 Å². The smallest absolute Gasteiger partial charge is 0.307 e. The number of carbonyl (C=O) groups is 1. The number of likely N-dealkylation sites (tertiary alicyclic amines) is 1. The minimum Gasteiger partial charge on any atom is -0.307 e. The number of nitrogens with zero attached hydrogens (tertiary/aromatic N) is 2. The summed E-state index contributed by atoms with van der Waals surface area (Å²) < 4.78 is 1.32. The molecular weight excluding hydrogens is 354 g/mol. The van der Waals surface area contributed by atoms with E-state index in [1.807, 2.05) is 30.3 Å². The number of nitrogens with one attached hydrogen (secondary N) is 1. The SMILES string of the molecule is O=C(CN1CCC(Cn2c(=O)[nH]c3ccccc3c2=O)CC1)c1ccccc1. The first kappa shape index (κ1) is 18.4. The van der Waals surface area contributed by atoms with E-state index in [0.717, 1.165) is 31.5 Å². The maximum Gasteiger partial charge on any atom is 0.328 e. The van der Waals surface area contributed by atoms with Gasteiger partial charge >= 0.3 is 5.69 Å². The molecule has 28 heavy (non-hydrogen) atoms. The second-order valence-corrected chi connectivity index (χ2v) is 7.40. The fraction of sp³-hybridized carbons (Fsp3) is 0.318. The summed E-state index contributed by atoms with van der Waals surface area (Å²) in [6, 6.07) is 16.4. The summed E-state index contributed by atoms with van der Waals surface area (Å²) in [5.41, 5.74) is 0.716. The monoisotopic (exact) mass is 377 g/mol. The molecule has 1 aliphatic heterocycles. The van der Waals surface area contributed by atoms with Crippen molar-refractivity contribution >= 4 is 16.7 Å². The van der Waals surface area contributed by atoms with Gasteiger partial charge in [0.15, 0.2) is 5.78 Å². The molecule has 6 heteroatoms. The summed E-state index contributed by atoms with van der Waals surface area (Å²) in [7, 11) is 0. The quantitative estimate of drug-likeness (QED) is 0.692. The number of rotatable bonds is 5. The van der Waals surface area contributed by atoms with Crippen LogP contribution in [0.2, 0.25) is 0 Å². The molecule has 2 heterocycles. The summed E-state index contributed by atoms with van der Waals surface area (Å²) in [5.74, 6) is 0.379. The van der Waals surface area contributed by atoms with Crippen LogP contribution in [-0.2, 0) is 6.54 Å². The number of ketones is 1. The average Bonchev–Trinajstić information content (AvgIpc) is 2.73. The Labute approximate surface area is 162 Å². The zero-order valence-electron chi connectivity index (χ0n) is 15.6. The number of aromatic nitrogens is 2. The van der Waals surface area contributed by atoms with Gasteiger partial charge in [-0.15, -0.1) is 0 Å². The van der Waals surface area contributed by atoms with Crippen molar-refractivity contribution in [2.75, 3.05) is 19.6 Å². The first-order chi connectivity index (χ1) is 13.6. The third-order valence-electron chi connectivity index (χ3n) is 5.50. The number of fused-ring (bicyclic) bond motifs is 1. The third kappa shape index (κ3) is 3.82. The zero-order chi connectivity index (χ0) is 19.5. The van der Waals surface area contributed by atoms with Gasteiger partial charge in [0, 0.05) is 12.1 Å². The Hall–Kier alpha value is -2.99. The number of H-pyrrole nitrogens is 1. The molecule has 3 aromatic rings. The van der Waals surface area contributed by atoms with Crippen LogP contribution in [-0.4, -0.2) is 39.9 Å². The van der Waals surface area contributed by atoms with Crippen LogP contribution >= 0.6 is 0 Å². The van der Waals surface area contributed by atoms with Crippen molar-refractivity contribution < 1.29 is 4.79 Å². The first-order valence-electron chi connectivity index (χ1n) is 9.64. The van der Waals surface area contributed by atoms with Crippen molar-refractivity contribution in [3.8, 4) is 0 Å². The van der Waals surface area contributed by atoms with Crippen molar-refractivity contribution in [2.24, 2.45) is 5.92 Å². The number of hydrogen-bond acceptors (Lipinski definition) is 4. The van der Waals surface area contributed by atoms with Gasteiger partial charge in [-0.25, -0.2) is 4.79 Å². The average molecular weight is 377 g/mol. The molecule has 4 rings (SSSR count). The molecule has 0 saturated carbocycles. The molecule has 0 atom stereocenters. The molecule has 1 N–H and O–H groups in total. The van der Waals surface area contributed by atoms with E-state index in [0.29, 0.717) is 24.0 Å². The van der Waals surface area contributed by atoms with Crippen molar-refractivity contribution in [1.29, 1.82) is 0 Å². The Morgan fingerprint density at radius 2 is 1.64 bits per heavy atom. The fourth-order valence-electron chi connectivity index (χ4n) is 3.87. The normalized spacial score (nSPS) is 15.7. The molecule has 0 spiro atoms. The van der Waals surface area contributed by atoms with Gasteiger partial charge in [-0.2, -0.15) is 0 Å². The van der Waals surface area contributed by atoms with Gasteiger partial charge in [-0.3, -0.25) is 19.1 Å². The molecule has 0 bridgehead atoms. The van der Waals surface area contributed by atoms with E-state index < -0.39 is 0 Å². The summed E-state index contributed by atoms with van der Waals surface area (Å²) in [4.78, 5) is 42.3. The largest absolute Gasteiger partial charge is 0.328 e. The van der Waals surface area contributed by atoms with E-state index in [2.05, 4.69) is 9.88 Å². The summed E-state index contributed by atoms with van der Waals surface area (Å²) in [5, 5.41) is 0.535. The number of aromatic amines is 1. The van der Waals surface area contributed by atoms with E-state index >= 15 is 0 Å². The second kappa shape index (κ2) is 7.94. The Morgan fingerprint density at radius 3 is 2.39 bits per heavy atom. The van der Waals surface area contributed by atoms with Crippen LogP contribution in [0.4, 0.5) is 0 Å². The van der Waals surface area contributed by atoms with Crippen LogP contribution in [0.3, 0.4) is 0 Å². The summed E-state index contributed by atoms with van der Waals surface area (Å²) in [6.07, 6.45) is 1.72. The molecule has 1 aromatic heterocycles. The highest BCUT2D eigenvalue weighted by atomic mass is 16.2. The van der Waals surface area contributed by atoms with Crippen molar-refractivity contribution in [3.63, 3.8) is 0 Å². The Balaban J connectivity index is 1.40. The zero-order valence-corrected chi connectivity index (χ0v) is 15.6. The first-order valence-corrected chi connectivity index (χ1v) is 9.64. The molecule has 1 saturated heterocycles. The van der Waals surface area contributed by atoms with E-state index in [9.17, 15) is 14.4 Å². The van der Waals surface area contributed by atoms with Crippen molar-refractivity contribution in [1.82, 2.24) is 14.5 Å². The molecule has 0 unspecified atom stereocenters. The molecule has 144 valence electrons. The molecule has 0 radical (unpaired) electrons. The van der Waals surface area contributed by atoms with Gasteiger partial charge in [0.2, 0.25) is 0 Å². The third-order valence-corrected chi connectivity index (χ3v) is 5.50. The highest BCUT2D eigenvalue weighted by molar-refractivity contribution is 5.97. The number of carbonyl (C=O) groups excluding carboxylic acids is 1. The van der Waals surface area contributed by atoms with Gasteiger partial charge in [-0.1, -0.05) is 42.5 Å². The fourth-order valence-corrected chi connectivity index (χ4v) is 3.87.